The summed E-state index contributed by atoms with van der Waals surface area (Å²) in [5, 5.41) is 0. The van der Waals surface area contributed by atoms with Gasteiger partial charge in [-0.25, -0.2) is 17.2 Å². The Kier molecular flexibility index (Phi) is 4.54. The molecule has 0 aromatic heterocycles. The molecule has 0 fully saturated rings. The molecule has 0 saturated carbocycles. The first kappa shape index (κ1) is 16.2. The van der Waals surface area contributed by atoms with Gasteiger partial charge in [0.15, 0.2) is 0 Å². The summed E-state index contributed by atoms with van der Waals surface area (Å²) in [4.78, 5) is -0.291. The topological polar surface area (TPSA) is 72.2 Å². The van der Waals surface area contributed by atoms with Crippen molar-refractivity contribution in [3.05, 3.63) is 50.9 Å². The molecule has 3 N–H and O–H groups in total. The van der Waals surface area contributed by atoms with Crippen molar-refractivity contribution in [3.63, 3.8) is 0 Å². The van der Waals surface area contributed by atoms with Crippen LogP contribution in [0.25, 0.3) is 0 Å². The SMILES string of the molecule is Nc1cc(S(=O)(=O)Nc2cc(Br)ccc2F)c(Br)cc1F. The van der Waals surface area contributed by atoms with Crippen molar-refractivity contribution < 1.29 is 17.2 Å². The van der Waals surface area contributed by atoms with Crippen molar-refractivity contribution in [2.45, 2.75) is 4.90 Å². The van der Waals surface area contributed by atoms with Crippen LogP contribution in [0.3, 0.4) is 0 Å². The number of sulfonamides is 1. The predicted octanol–water partition coefficient (Wildman–Crippen LogP) is 3.87. The van der Waals surface area contributed by atoms with Crippen LogP contribution in [-0.2, 0) is 10.0 Å². The van der Waals surface area contributed by atoms with E-state index in [0.29, 0.717) is 4.47 Å². The highest BCUT2D eigenvalue weighted by Crippen LogP contribution is 2.29. The predicted molar refractivity (Wildman–Crippen MR) is 83.4 cm³/mol. The molecule has 0 saturated heterocycles. The Morgan fingerprint density at radius 3 is 2.38 bits per heavy atom. The largest absolute Gasteiger partial charge is 0.396 e. The van der Waals surface area contributed by atoms with Gasteiger partial charge in [0, 0.05) is 8.95 Å². The van der Waals surface area contributed by atoms with E-state index in [4.69, 9.17) is 5.73 Å². The highest BCUT2D eigenvalue weighted by atomic mass is 79.9. The third-order valence-electron chi connectivity index (χ3n) is 2.51. The molecule has 21 heavy (non-hydrogen) atoms. The normalized spacial score (nSPS) is 11.4. The smallest absolute Gasteiger partial charge is 0.263 e. The van der Waals surface area contributed by atoms with Gasteiger partial charge in [-0.1, -0.05) is 15.9 Å². The van der Waals surface area contributed by atoms with Gasteiger partial charge < -0.3 is 5.73 Å². The molecule has 0 bridgehead atoms. The number of hydrogen-bond acceptors (Lipinski definition) is 3. The minimum absolute atomic E-state index is 0.0166. The van der Waals surface area contributed by atoms with E-state index in [2.05, 4.69) is 36.6 Å². The molecule has 0 atom stereocenters. The molecule has 0 aliphatic heterocycles. The van der Waals surface area contributed by atoms with Gasteiger partial charge in [0.2, 0.25) is 0 Å². The Morgan fingerprint density at radius 2 is 1.71 bits per heavy atom. The van der Waals surface area contributed by atoms with E-state index in [-0.39, 0.29) is 20.7 Å². The zero-order chi connectivity index (χ0) is 15.8. The molecular weight excluding hydrogens is 434 g/mol. The van der Waals surface area contributed by atoms with Crippen molar-refractivity contribution in [1.29, 1.82) is 0 Å². The van der Waals surface area contributed by atoms with Crippen LogP contribution in [0.5, 0.6) is 0 Å². The molecule has 0 amide bonds. The van der Waals surface area contributed by atoms with Crippen LogP contribution in [0.4, 0.5) is 20.2 Å². The van der Waals surface area contributed by atoms with E-state index in [1.54, 1.807) is 0 Å². The molecule has 9 heteroatoms. The van der Waals surface area contributed by atoms with E-state index in [9.17, 15) is 17.2 Å². The molecule has 0 heterocycles. The van der Waals surface area contributed by atoms with Gasteiger partial charge in [0.1, 0.15) is 16.5 Å². The van der Waals surface area contributed by atoms with Crippen LogP contribution in [0.2, 0.25) is 0 Å². The first-order valence-electron chi connectivity index (χ1n) is 5.43. The Labute approximate surface area is 136 Å². The number of halogens is 4. The molecule has 112 valence electrons. The van der Waals surface area contributed by atoms with Crippen LogP contribution in [-0.4, -0.2) is 8.42 Å². The maximum Gasteiger partial charge on any atom is 0.263 e. The second-order valence-corrected chi connectivity index (χ2v) is 7.45. The quantitative estimate of drug-likeness (QED) is 0.710. The van der Waals surface area contributed by atoms with Gasteiger partial charge in [-0.3, -0.25) is 4.72 Å². The second-order valence-electron chi connectivity index (χ2n) is 4.03. The maximum atomic E-state index is 13.6. The van der Waals surface area contributed by atoms with Crippen molar-refractivity contribution in [3.8, 4) is 0 Å². The molecular formula is C12H8Br2F2N2O2S. The molecule has 0 spiro atoms. The summed E-state index contributed by atoms with van der Waals surface area (Å²) in [6, 6.07) is 5.70. The summed E-state index contributed by atoms with van der Waals surface area (Å²) in [6.45, 7) is 0. The molecule has 0 aliphatic rings. The van der Waals surface area contributed by atoms with Gasteiger partial charge in [0.25, 0.3) is 10.0 Å². The summed E-state index contributed by atoms with van der Waals surface area (Å²) < 4.78 is 53.9. The summed E-state index contributed by atoms with van der Waals surface area (Å²) in [7, 11) is -4.13. The lowest BCUT2D eigenvalue weighted by Crippen LogP contribution is -2.15. The van der Waals surface area contributed by atoms with Crippen LogP contribution < -0.4 is 10.5 Å². The zero-order valence-electron chi connectivity index (χ0n) is 10.2. The highest BCUT2D eigenvalue weighted by molar-refractivity contribution is 9.10. The van der Waals surface area contributed by atoms with Gasteiger partial charge in [-0.05, 0) is 46.3 Å². The lowest BCUT2D eigenvalue weighted by molar-refractivity contribution is 0.597. The average molecular weight is 442 g/mol. The lowest BCUT2D eigenvalue weighted by atomic mass is 10.3. The fourth-order valence-electron chi connectivity index (χ4n) is 1.53. The third kappa shape index (κ3) is 3.53. The van der Waals surface area contributed by atoms with E-state index < -0.39 is 21.7 Å². The minimum Gasteiger partial charge on any atom is -0.396 e. The van der Waals surface area contributed by atoms with Crippen molar-refractivity contribution >= 4 is 53.3 Å². The van der Waals surface area contributed by atoms with E-state index in [1.807, 2.05) is 0 Å². The molecule has 0 radical (unpaired) electrons. The Bertz CT molecular complexity index is 813. The standard InChI is InChI=1S/C12H8Br2F2N2O2S/c13-6-1-2-8(15)11(3-6)18-21(19,20)12-5-10(17)9(16)4-7(12)14/h1-5,18H,17H2. The Hall–Kier alpha value is -1.19. The van der Waals surface area contributed by atoms with Gasteiger partial charge >= 0.3 is 0 Å². The summed E-state index contributed by atoms with van der Waals surface area (Å²) in [6.07, 6.45) is 0. The fraction of sp³-hybridized carbons (Fsp3) is 0. The number of hydrogen-bond donors (Lipinski definition) is 2. The number of nitrogens with one attached hydrogen (secondary N) is 1. The number of benzene rings is 2. The molecule has 2 aromatic carbocycles. The van der Waals surface area contributed by atoms with Crippen molar-refractivity contribution in [2.75, 3.05) is 10.5 Å². The maximum absolute atomic E-state index is 13.6. The molecule has 4 nitrogen and oxygen atoms in total. The lowest BCUT2D eigenvalue weighted by Gasteiger charge is -2.11. The van der Waals surface area contributed by atoms with Crippen LogP contribution in [0.15, 0.2) is 44.2 Å². The molecule has 0 unspecified atom stereocenters. The summed E-state index contributed by atoms with van der Waals surface area (Å²) in [5.74, 6) is -1.50. The van der Waals surface area contributed by atoms with Crippen molar-refractivity contribution in [2.24, 2.45) is 0 Å². The Balaban J connectivity index is 2.48. The van der Waals surface area contributed by atoms with Crippen molar-refractivity contribution in [1.82, 2.24) is 0 Å². The third-order valence-corrected chi connectivity index (χ3v) is 5.33. The minimum atomic E-state index is -4.13. The highest BCUT2D eigenvalue weighted by Gasteiger charge is 2.21. The fourth-order valence-corrected chi connectivity index (χ4v) is 4.00. The summed E-state index contributed by atoms with van der Waals surface area (Å²) >= 11 is 6.06. The van der Waals surface area contributed by atoms with Crippen LogP contribution >= 0.6 is 31.9 Å². The second kappa shape index (κ2) is 5.90. The number of nitrogens with two attached hydrogens (primary N) is 1. The van der Waals surface area contributed by atoms with Crippen LogP contribution in [0, 0.1) is 11.6 Å². The van der Waals surface area contributed by atoms with Crippen LogP contribution in [0.1, 0.15) is 0 Å². The zero-order valence-corrected chi connectivity index (χ0v) is 14.2. The molecule has 2 aromatic rings. The number of nitrogen functional groups attached to an aromatic ring is 1. The molecule has 0 aliphatic carbocycles. The Morgan fingerprint density at radius 1 is 1.05 bits per heavy atom. The number of rotatable bonds is 3. The van der Waals surface area contributed by atoms with Gasteiger partial charge in [-0.15, -0.1) is 0 Å². The van der Waals surface area contributed by atoms with Gasteiger partial charge in [0.05, 0.1) is 11.4 Å². The first-order valence-corrected chi connectivity index (χ1v) is 8.50. The number of anilines is 2. The van der Waals surface area contributed by atoms with E-state index in [1.165, 1.54) is 12.1 Å². The average Bonchev–Trinajstić information content (AvgIpc) is 2.37. The monoisotopic (exact) mass is 440 g/mol. The van der Waals surface area contributed by atoms with Gasteiger partial charge in [-0.2, -0.15) is 0 Å². The molecule has 2 rings (SSSR count). The van der Waals surface area contributed by atoms with E-state index in [0.717, 1.165) is 18.2 Å². The first-order chi connectivity index (χ1) is 9.70. The van der Waals surface area contributed by atoms with E-state index >= 15 is 0 Å². The summed E-state index contributed by atoms with van der Waals surface area (Å²) in [5.41, 5.74) is 4.80.